The van der Waals surface area contributed by atoms with Gasteiger partial charge in [-0.05, 0) is 32.0 Å². The lowest BCUT2D eigenvalue weighted by molar-refractivity contribution is -0.123. The van der Waals surface area contributed by atoms with Gasteiger partial charge >= 0.3 is 0 Å². The molecule has 1 aromatic rings. The summed E-state index contributed by atoms with van der Waals surface area (Å²) in [6, 6.07) is 10.2. The number of rotatable bonds is 9. The molecular weight excluding hydrogens is 376 g/mol. The number of Topliss-reactive ketones (excluding diaryl/α,β-unsaturated/α-hetero) is 2. The number of carbonyl (C=O) groups is 3. The number of hydrogen-bond acceptors (Lipinski definition) is 4. The molecule has 0 saturated heterocycles. The lowest BCUT2D eigenvalue weighted by atomic mass is 10.0. The Kier molecular flexibility index (Phi) is 23.6. The molecule has 0 aliphatic carbocycles. The molecule has 30 heavy (non-hydrogen) atoms. The van der Waals surface area contributed by atoms with Crippen LogP contribution in [0.2, 0.25) is 0 Å². The summed E-state index contributed by atoms with van der Waals surface area (Å²) in [6.45, 7) is 19.2. The Bertz CT molecular complexity index is 549. The molecule has 0 aliphatic heterocycles. The first-order valence-corrected chi connectivity index (χ1v) is 11.2. The second kappa shape index (κ2) is 21.7. The summed E-state index contributed by atoms with van der Waals surface area (Å²) in [5, 5.41) is 0. The van der Waals surface area contributed by atoms with Crippen molar-refractivity contribution in [2.75, 3.05) is 13.1 Å². The fourth-order valence-corrected chi connectivity index (χ4v) is 2.47. The highest BCUT2D eigenvalue weighted by molar-refractivity contribution is 5.83. The van der Waals surface area contributed by atoms with Crippen LogP contribution in [0.15, 0.2) is 30.3 Å². The van der Waals surface area contributed by atoms with E-state index < -0.39 is 0 Å². The zero-order valence-electron chi connectivity index (χ0n) is 20.8. The number of primary amides is 1. The fourth-order valence-electron chi connectivity index (χ4n) is 2.47. The molecule has 0 heterocycles. The van der Waals surface area contributed by atoms with Crippen molar-refractivity contribution in [3.63, 3.8) is 0 Å². The summed E-state index contributed by atoms with van der Waals surface area (Å²) in [6.07, 6.45) is 2.19. The van der Waals surface area contributed by atoms with Crippen molar-refractivity contribution >= 4 is 17.5 Å². The van der Waals surface area contributed by atoms with Crippen LogP contribution in [0.4, 0.5) is 0 Å². The Morgan fingerprint density at radius 1 is 0.900 bits per heavy atom. The average molecular weight is 423 g/mol. The highest BCUT2D eigenvalue weighted by atomic mass is 16.1. The normalized spacial score (nSPS) is 10.5. The van der Waals surface area contributed by atoms with E-state index in [9.17, 15) is 14.4 Å². The molecule has 2 N–H and O–H groups in total. The fraction of sp³-hybridized carbons (Fsp3) is 0.640. The Morgan fingerprint density at radius 3 is 1.67 bits per heavy atom. The molecule has 1 atom stereocenters. The van der Waals surface area contributed by atoms with Crippen LogP contribution in [0, 0.1) is 5.92 Å². The van der Waals surface area contributed by atoms with Gasteiger partial charge in [-0.25, -0.2) is 0 Å². The van der Waals surface area contributed by atoms with Crippen LogP contribution < -0.4 is 5.73 Å². The van der Waals surface area contributed by atoms with Gasteiger partial charge in [0.1, 0.15) is 11.6 Å². The number of nitrogens with two attached hydrogens (primary N) is 1. The summed E-state index contributed by atoms with van der Waals surface area (Å²) < 4.78 is 0. The van der Waals surface area contributed by atoms with Crippen molar-refractivity contribution in [1.29, 1.82) is 0 Å². The number of likely N-dealkylation sites (N-methyl/N-ethyl adjacent to an activating group) is 1. The second-order valence-electron chi connectivity index (χ2n) is 6.93. The Hall–Kier alpha value is -2.01. The van der Waals surface area contributed by atoms with Gasteiger partial charge in [-0.15, -0.1) is 0 Å². The molecular formula is C25H46N2O3. The standard InChI is InChI=1S/C12H16O.C9H19NO.C2H5NO.C2H6/c1-10(2)12(13)9-8-11-6-4-3-5-7-11;1-5-9(11)8(4)10(6-2)7-3;1-2(3)4;1-2/h3-7,10H,8-9H2,1-2H3;8H,5-7H2,1-4H3;1H3,(H2,3,4);1-2H3. The first-order chi connectivity index (χ1) is 14.1. The number of benzene rings is 1. The molecule has 1 amide bonds. The van der Waals surface area contributed by atoms with E-state index in [0.717, 1.165) is 19.5 Å². The summed E-state index contributed by atoms with van der Waals surface area (Å²) in [4.78, 5) is 33.9. The van der Waals surface area contributed by atoms with Crippen molar-refractivity contribution < 1.29 is 14.4 Å². The lowest BCUT2D eigenvalue weighted by Gasteiger charge is -2.24. The van der Waals surface area contributed by atoms with Crippen LogP contribution in [0.25, 0.3) is 0 Å². The molecule has 0 saturated carbocycles. The summed E-state index contributed by atoms with van der Waals surface area (Å²) in [5.74, 6) is 0.529. The highest BCUT2D eigenvalue weighted by Crippen LogP contribution is 2.06. The lowest BCUT2D eigenvalue weighted by Crippen LogP contribution is -2.38. The van der Waals surface area contributed by atoms with Crippen LogP contribution in [0.3, 0.4) is 0 Å². The van der Waals surface area contributed by atoms with Gasteiger partial charge < -0.3 is 5.73 Å². The van der Waals surface area contributed by atoms with Gasteiger partial charge in [-0.2, -0.15) is 0 Å². The number of ketones is 2. The largest absolute Gasteiger partial charge is 0.370 e. The van der Waals surface area contributed by atoms with Gasteiger partial charge in [-0.3, -0.25) is 19.3 Å². The molecule has 0 aliphatic rings. The third-order valence-corrected chi connectivity index (χ3v) is 4.32. The van der Waals surface area contributed by atoms with Crippen molar-refractivity contribution in [2.24, 2.45) is 11.7 Å². The van der Waals surface area contributed by atoms with E-state index in [0.29, 0.717) is 24.4 Å². The van der Waals surface area contributed by atoms with E-state index >= 15 is 0 Å². The number of nitrogens with zero attached hydrogens (tertiary/aromatic N) is 1. The molecule has 0 bridgehead atoms. The van der Waals surface area contributed by atoms with Crippen LogP contribution >= 0.6 is 0 Å². The SMILES string of the molecule is CC.CC(C)C(=O)CCc1ccccc1.CC(N)=O.CCC(=O)C(C)N(CC)CC. The summed E-state index contributed by atoms with van der Waals surface area (Å²) >= 11 is 0. The smallest absolute Gasteiger partial charge is 0.214 e. The molecule has 1 unspecified atom stereocenters. The monoisotopic (exact) mass is 422 g/mol. The highest BCUT2D eigenvalue weighted by Gasteiger charge is 2.15. The maximum absolute atomic E-state index is 11.3. The Labute approximate surface area is 185 Å². The van der Waals surface area contributed by atoms with Crippen molar-refractivity contribution in [3.8, 4) is 0 Å². The van der Waals surface area contributed by atoms with Crippen LogP contribution in [0.5, 0.6) is 0 Å². The summed E-state index contributed by atoms with van der Waals surface area (Å²) in [7, 11) is 0. The molecule has 0 aromatic heterocycles. The Morgan fingerprint density at radius 2 is 1.33 bits per heavy atom. The molecule has 1 aromatic carbocycles. The van der Waals surface area contributed by atoms with Crippen LogP contribution in [-0.4, -0.2) is 41.5 Å². The van der Waals surface area contributed by atoms with E-state index in [-0.39, 0.29) is 17.9 Å². The molecule has 0 fully saturated rings. The first kappa shape index (κ1) is 32.6. The summed E-state index contributed by atoms with van der Waals surface area (Å²) in [5.41, 5.74) is 5.72. The van der Waals surface area contributed by atoms with Gasteiger partial charge in [0.05, 0.1) is 6.04 Å². The van der Waals surface area contributed by atoms with Gasteiger partial charge in [0.15, 0.2) is 0 Å². The van der Waals surface area contributed by atoms with Crippen molar-refractivity contribution in [1.82, 2.24) is 4.90 Å². The molecule has 0 radical (unpaired) electrons. The van der Waals surface area contributed by atoms with E-state index in [1.807, 2.05) is 59.7 Å². The van der Waals surface area contributed by atoms with E-state index in [1.54, 1.807) is 0 Å². The van der Waals surface area contributed by atoms with E-state index in [4.69, 9.17) is 0 Å². The average Bonchev–Trinajstić information content (AvgIpc) is 2.74. The van der Waals surface area contributed by atoms with Gasteiger partial charge in [0.25, 0.3) is 0 Å². The van der Waals surface area contributed by atoms with Crippen LogP contribution in [-0.2, 0) is 20.8 Å². The van der Waals surface area contributed by atoms with Crippen LogP contribution in [0.1, 0.15) is 80.7 Å². The van der Waals surface area contributed by atoms with Gasteiger partial charge in [-0.1, -0.05) is 78.8 Å². The molecule has 1 rings (SSSR count). The third-order valence-electron chi connectivity index (χ3n) is 4.32. The number of amides is 1. The third kappa shape index (κ3) is 19.3. The number of aryl methyl sites for hydroxylation is 1. The first-order valence-electron chi connectivity index (χ1n) is 11.2. The zero-order chi connectivity index (χ0) is 24.1. The maximum atomic E-state index is 11.3. The molecule has 5 heteroatoms. The quantitative estimate of drug-likeness (QED) is 0.603. The molecule has 174 valence electrons. The second-order valence-corrected chi connectivity index (χ2v) is 6.93. The predicted molar refractivity (Wildman–Crippen MR) is 129 cm³/mol. The predicted octanol–water partition coefficient (Wildman–Crippen LogP) is 5.06. The number of carbonyl (C=O) groups excluding carboxylic acids is 3. The van der Waals surface area contributed by atoms with E-state index in [1.165, 1.54) is 12.5 Å². The zero-order valence-corrected chi connectivity index (χ0v) is 20.8. The molecule has 0 spiro atoms. The van der Waals surface area contributed by atoms with Gasteiger partial charge in [0, 0.05) is 25.7 Å². The van der Waals surface area contributed by atoms with Gasteiger partial charge in [0.2, 0.25) is 5.91 Å². The minimum absolute atomic E-state index is 0.106. The minimum atomic E-state index is -0.333. The topological polar surface area (TPSA) is 80.5 Å². The van der Waals surface area contributed by atoms with Crippen molar-refractivity contribution in [2.45, 2.75) is 87.6 Å². The number of hydrogen-bond donors (Lipinski definition) is 1. The van der Waals surface area contributed by atoms with E-state index in [2.05, 4.69) is 36.6 Å². The Balaban J connectivity index is -0.000000389. The maximum Gasteiger partial charge on any atom is 0.214 e. The minimum Gasteiger partial charge on any atom is -0.370 e. The van der Waals surface area contributed by atoms with Crippen molar-refractivity contribution in [3.05, 3.63) is 35.9 Å². The molecule has 5 nitrogen and oxygen atoms in total.